The van der Waals surface area contributed by atoms with Crippen LogP contribution in [0.2, 0.25) is 0 Å². The molecule has 3 aliphatic carbocycles. The molecule has 0 saturated heterocycles. The van der Waals surface area contributed by atoms with Gasteiger partial charge in [-0.2, -0.15) is 0 Å². The van der Waals surface area contributed by atoms with Crippen LogP contribution in [0.4, 0.5) is 5.69 Å². The van der Waals surface area contributed by atoms with Crippen molar-refractivity contribution in [1.29, 1.82) is 0 Å². The lowest BCUT2D eigenvalue weighted by Crippen LogP contribution is -2.26. The standard InChI is InChI=1S/C56H44N4/c1-4-16-37(17-5-1)41-32-42(38-18-6-2-7-19-38)34-43(33-41)55-48-24-10-13-25-50(48)57-56(58-55)60-52-27-15-12-23-46(52)49-35-39(29-31-53(49)60)40-28-30-47-45-22-11-14-26-51(45)59(54(47)36-40)44-20-8-3-9-21-44/h1-2,4-8,10-13,15-25,27-28,30,32-36,56-57H,3,9,14,26,29,31H2. The third-order valence-electron chi connectivity index (χ3n) is 12.9. The van der Waals surface area contributed by atoms with Gasteiger partial charge in [0.2, 0.25) is 6.29 Å². The summed E-state index contributed by atoms with van der Waals surface area (Å²) >= 11 is 0. The SMILES string of the molecule is C1=CC(n2c3c(c4ccc(C5=Cc6c(n(C7N=C(c8cc(-c9ccccc9)cc(-c9ccccc9)c8)c8ccccc8N7)c7ccccc67)CC5)cc42)C=CCC3)=CCC1. The Morgan fingerprint density at radius 3 is 2.03 bits per heavy atom. The lowest BCUT2D eigenvalue weighted by atomic mass is 9.90. The maximum absolute atomic E-state index is 5.69. The number of para-hydroxylation sites is 2. The van der Waals surface area contributed by atoms with Crippen molar-refractivity contribution in [3.05, 3.63) is 209 Å². The Hall–Kier alpha value is -7.17. The maximum atomic E-state index is 5.69. The molecular weight excluding hydrogens is 729 g/mol. The van der Waals surface area contributed by atoms with E-state index < -0.39 is 0 Å². The van der Waals surface area contributed by atoms with Gasteiger partial charge in [0, 0.05) is 55.8 Å². The van der Waals surface area contributed by atoms with E-state index in [2.05, 4.69) is 196 Å². The van der Waals surface area contributed by atoms with Gasteiger partial charge in [-0.3, -0.25) is 0 Å². The summed E-state index contributed by atoms with van der Waals surface area (Å²) in [7, 11) is 0. The van der Waals surface area contributed by atoms with Crippen LogP contribution in [-0.2, 0) is 12.8 Å². The van der Waals surface area contributed by atoms with Gasteiger partial charge in [0.1, 0.15) is 0 Å². The van der Waals surface area contributed by atoms with Crippen LogP contribution >= 0.6 is 0 Å². The summed E-state index contributed by atoms with van der Waals surface area (Å²) in [6, 6.07) is 53.1. The molecule has 2 aromatic heterocycles. The molecule has 1 atom stereocenters. The van der Waals surface area contributed by atoms with Gasteiger partial charge in [0.25, 0.3) is 0 Å². The highest BCUT2D eigenvalue weighted by Crippen LogP contribution is 2.43. The zero-order valence-electron chi connectivity index (χ0n) is 33.5. The first kappa shape index (κ1) is 34.8. The predicted octanol–water partition coefficient (Wildman–Crippen LogP) is 14.0. The second-order valence-corrected chi connectivity index (χ2v) is 16.5. The van der Waals surface area contributed by atoms with Gasteiger partial charge in [-0.25, -0.2) is 4.99 Å². The lowest BCUT2D eigenvalue weighted by Gasteiger charge is -2.29. The normalized spacial score (nSPS) is 16.7. The van der Waals surface area contributed by atoms with E-state index >= 15 is 0 Å². The first-order valence-corrected chi connectivity index (χ1v) is 21.5. The van der Waals surface area contributed by atoms with Crippen molar-refractivity contribution in [2.45, 2.75) is 44.8 Å². The molecule has 288 valence electrons. The van der Waals surface area contributed by atoms with Gasteiger partial charge in [-0.1, -0.05) is 133 Å². The number of nitrogens with one attached hydrogen (secondary N) is 1. The highest BCUT2D eigenvalue weighted by atomic mass is 15.3. The second kappa shape index (κ2) is 14.3. The molecule has 0 bridgehead atoms. The summed E-state index contributed by atoms with van der Waals surface area (Å²) in [5, 5.41) is 6.51. The fraction of sp³-hybridized carbons (Fsp3) is 0.125. The van der Waals surface area contributed by atoms with E-state index in [1.807, 2.05) is 0 Å². The highest BCUT2D eigenvalue weighted by molar-refractivity contribution is 6.18. The topological polar surface area (TPSA) is 34.2 Å². The molecule has 1 aliphatic heterocycles. The average Bonchev–Trinajstić information content (AvgIpc) is 3.84. The molecular formula is C56H44N4. The van der Waals surface area contributed by atoms with Gasteiger partial charge in [0.05, 0.1) is 16.7 Å². The van der Waals surface area contributed by atoms with Crippen LogP contribution in [0.3, 0.4) is 0 Å². The number of rotatable bonds is 6. The minimum atomic E-state index is -0.324. The first-order chi connectivity index (χ1) is 29.7. The van der Waals surface area contributed by atoms with Crippen LogP contribution in [0.15, 0.2) is 175 Å². The lowest BCUT2D eigenvalue weighted by molar-refractivity contribution is 0.579. The van der Waals surface area contributed by atoms with Gasteiger partial charge in [0.15, 0.2) is 0 Å². The van der Waals surface area contributed by atoms with Crippen LogP contribution in [0.25, 0.3) is 67.5 Å². The van der Waals surface area contributed by atoms with Gasteiger partial charge >= 0.3 is 0 Å². The van der Waals surface area contributed by atoms with Crippen molar-refractivity contribution in [2.24, 2.45) is 4.99 Å². The predicted molar refractivity (Wildman–Crippen MR) is 252 cm³/mol. The first-order valence-electron chi connectivity index (χ1n) is 21.5. The molecule has 60 heavy (non-hydrogen) atoms. The van der Waals surface area contributed by atoms with E-state index in [1.54, 1.807) is 0 Å². The monoisotopic (exact) mass is 772 g/mol. The Balaban J connectivity index is 1.00. The zero-order chi connectivity index (χ0) is 39.6. The highest BCUT2D eigenvalue weighted by Gasteiger charge is 2.29. The van der Waals surface area contributed by atoms with E-state index in [4.69, 9.17) is 4.99 Å². The number of benzene rings is 6. The molecule has 12 rings (SSSR count). The van der Waals surface area contributed by atoms with E-state index in [0.29, 0.717) is 0 Å². The summed E-state index contributed by atoms with van der Waals surface area (Å²) < 4.78 is 5.03. The van der Waals surface area contributed by atoms with E-state index in [9.17, 15) is 0 Å². The largest absolute Gasteiger partial charge is 0.346 e. The molecule has 0 saturated carbocycles. The van der Waals surface area contributed by atoms with E-state index in [-0.39, 0.29) is 6.29 Å². The van der Waals surface area contributed by atoms with Crippen LogP contribution in [-0.4, -0.2) is 14.8 Å². The summed E-state index contributed by atoms with van der Waals surface area (Å²) in [5.41, 5.74) is 21.0. The van der Waals surface area contributed by atoms with E-state index in [0.717, 1.165) is 61.1 Å². The molecule has 4 aliphatic rings. The van der Waals surface area contributed by atoms with E-state index in [1.165, 1.54) is 83.4 Å². The molecule has 0 amide bonds. The Kier molecular flexibility index (Phi) is 8.29. The molecule has 1 unspecified atom stereocenters. The molecule has 0 fully saturated rings. The zero-order valence-corrected chi connectivity index (χ0v) is 33.5. The fourth-order valence-corrected chi connectivity index (χ4v) is 10.1. The minimum absolute atomic E-state index is 0.324. The average molecular weight is 773 g/mol. The van der Waals surface area contributed by atoms with Crippen LogP contribution in [0.5, 0.6) is 0 Å². The minimum Gasteiger partial charge on any atom is -0.346 e. The number of hydrogen-bond donors (Lipinski definition) is 1. The smallest absolute Gasteiger partial charge is 0.201 e. The van der Waals surface area contributed by atoms with Crippen molar-refractivity contribution >= 4 is 56.6 Å². The molecule has 8 aromatic rings. The second-order valence-electron chi connectivity index (χ2n) is 16.5. The number of aromatic nitrogens is 2. The molecule has 6 aromatic carbocycles. The fourth-order valence-electron chi connectivity index (χ4n) is 10.1. The van der Waals surface area contributed by atoms with Crippen molar-refractivity contribution in [1.82, 2.24) is 9.13 Å². The number of allylic oxidation sites excluding steroid dienone is 6. The van der Waals surface area contributed by atoms with Gasteiger partial charge in [-0.15, -0.1) is 0 Å². The summed E-state index contributed by atoms with van der Waals surface area (Å²) in [6.45, 7) is 0. The van der Waals surface area contributed by atoms with Crippen molar-refractivity contribution in [3.8, 4) is 22.3 Å². The molecule has 1 N–H and O–H groups in total. The number of fused-ring (bicyclic) bond motifs is 7. The Labute approximate surface area is 350 Å². The molecule has 0 radical (unpaired) electrons. The molecule has 3 heterocycles. The summed E-state index contributed by atoms with van der Waals surface area (Å²) in [5.74, 6) is 0. The summed E-state index contributed by atoms with van der Waals surface area (Å²) in [6.07, 6.45) is 20.2. The number of aliphatic imine (C=N–C) groups is 1. The molecule has 4 heteroatoms. The van der Waals surface area contributed by atoms with Crippen molar-refractivity contribution in [2.75, 3.05) is 5.32 Å². The maximum Gasteiger partial charge on any atom is 0.201 e. The Morgan fingerprint density at radius 2 is 1.23 bits per heavy atom. The number of anilines is 1. The van der Waals surface area contributed by atoms with Crippen LogP contribution < -0.4 is 5.32 Å². The van der Waals surface area contributed by atoms with Crippen molar-refractivity contribution in [3.63, 3.8) is 0 Å². The van der Waals surface area contributed by atoms with Crippen LogP contribution in [0, 0.1) is 0 Å². The Bertz CT molecular complexity index is 3110. The summed E-state index contributed by atoms with van der Waals surface area (Å²) in [4.78, 5) is 5.69. The quantitative estimate of drug-likeness (QED) is 0.179. The molecule has 4 nitrogen and oxygen atoms in total. The van der Waals surface area contributed by atoms with Gasteiger partial charge < -0.3 is 14.5 Å². The number of hydrogen-bond acceptors (Lipinski definition) is 2. The third kappa shape index (κ3) is 5.78. The Morgan fingerprint density at radius 1 is 0.517 bits per heavy atom. The van der Waals surface area contributed by atoms with Crippen molar-refractivity contribution < 1.29 is 0 Å². The third-order valence-corrected chi connectivity index (χ3v) is 12.9. The van der Waals surface area contributed by atoms with Gasteiger partial charge in [-0.05, 0) is 120 Å². The molecule has 0 spiro atoms. The van der Waals surface area contributed by atoms with Crippen LogP contribution in [0.1, 0.15) is 71.2 Å². The number of nitrogens with zero attached hydrogens (tertiary/aromatic N) is 3.